The SMILES string of the molecule is CCOP(=O)([O-])O.CCOP(=O)([O-])O.CCOP(=O)([O-])O.O=P([O-])(O)OCC(CNF)COP(=O)([O-])OCCOP(=O)([O-])OCC(CNF)COP(=O)([O-])OCCOP(=O)([O-])OCC(CNF)COP(=O)([O-])OCCOP(=O)([O-])OCC(CNF)COP(=O)([O-])OCCOP(=O)([O-])OCC(CNF)COP(=O)([O-])OCCOP(=O)([O-])OCC(CO)CNF. The lowest BCUT2D eigenvalue weighted by Gasteiger charge is -2.29. The van der Waals surface area contributed by atoms with Gasteiger partial charge in [-0.1, -0.05) is 0 Å². The molecule has 0 aliphatic heterocycles. The van der Waals surface area contributed by atoms with Crippen molar-refractivity contribution in [2.75, 3.05) is 204 Å². The standard InChI is InChI=1S/C34H81F6N6O45P11.3C2H7O4P/c35-41-11-29(17-47)18-82-93(51,52)71-1-2-73-95(55,56)84-21-31(13-43-37)22-86-97(59,60)75-5-6-77-99(63,64)88-25-33(15-45-39)26-90-101(67,68)79-9-10-80-102(69,70)91-28-34(16-46-40)27-89-100(65,66)78-8-7-76-98(61,62)87-24-32(14-44-38)23-85-96(57,58)74-4-3-72-94(53,54)83-20-30(12-42-36)19-81-92(48,49)50;3*1-2-6-7(3,4)5/h29-34,41-47H,1-28H2,(H,51,52)(H,53,54)(H,55,56)(H,57,58)(H,59,60)(H,61,62)(H,63,64)(H,65,66)(H,67,68)(H,69,70)(H2,48,49,50);3*2H2,1H3,(H2,3,4,5)/p-14. The van der Waals surface area contributed by atoms with E-state index in [1.54, 1.807) is 0 Å². The molecule has 0 heterocycles. The quantitative estimate of drug-likeness (QED) is 0.0117. The first-order chi connectivity index (χ1) is 56.4. The smallest absolute Gasteiger partial charge is 0.267 e. The predicted octanol–water partition coefficient (Wildman–Crippen LogP) is -7.54. The van der Waals surface area contributed by atoms with Gasteiger partial charge in [-0.25, -0.2) is 0 Å². The second-order valence-electron chi connectivity index (χ2n) is 21.6. The highest BCUT2D eigenvalue weighted by molar-refractivity contribution is 7.49. The molecule has 20 atom stereocenters. The van der Waals surface area contributed by atoms with Crippen LogP contribution in [0.15, 0.2) is 0 Å². The highest BCUT2D eigenvalue weighted by Gasteiger charge is 2.27. The summed E-state index contributed by atoms with van der Waals surface area (Å²) in [6.07, 6.45) is 0. The van der Waals surface area contributed by atoms with Gasteiger partial charge in [0.05, 0.1) is 159 Å². The number of phosphoric acid groups is 14. The molecule has 0 aromatic heterocycles. The van der Waals surface area contributed by atoms with Crippen molar-refractivity contribution in [2.24, 2.45) is 35.5 Å². The van der Waals surface area contributed by atoms with Gasteiger partial charge in [0.2, 0.25) is 0 Å². The first-order valence-corrected chi connectivity index (χ1v) is 53.4. The maximum atomic E-state index is 13.0. The number of hydrogen-bond donors (Lipinski definition) is 11. The second-order valence-corrected chi connectivity index (χ2v) is 40.5. The van der Waals surface area contributed by atoms with Crippen LogP contribution >= 0.6 is 110 Å². The summed E-state index contributed by atoms with van der Waals surface area (Å²) >= 11 is 0. The van der Waals surface area contributed by atoms with Crippen molar-refractivity contribution in [3.8, 4) is 0 Å². The monoisotopic (exact) mass is 2110 g/mol. The van der Waals surface area contributed by atoms with E-state index in [2.05, 4.69) is 109 Å². The molecule has 0 fully saturated rings. The third-order valence-electron chi connectivity index (χ3n) is 11.4. The number of hydrogen-bond acceptors (Lipinski definition) is 59. The first-order valence-electron chi connectivity index (χ1n) is 32.8. The molecule has 83 heteroatoms. The summed E-state index contributed by atoms with van der Waals surface area (Å²) in [5.41, 5.74) is 6.48. The minimum Gasteiger partial charge on any atom is -0.756 e. The van der Waals surface area contributed by atoms with E-state index in [4.69, 9.17) is 24.7 Å². The normalized spacial score (nSPS) is 20.4. The first kappa shape index (κ1) is 130. The summed E-state index contributed by atoms with van der Waals surface area (Å²) < 4.78 is 341. The fraction of sp³-hybridized carbons (Fsp3) is 1.00. The van der Waals surface area contributed by atoms with Crippen LogP contribution in [-0.2, 0) is 172 Å². The lowest BCUT2D eigenvalue weighted by Crippen LogP contribution is -2.28. The Morgan fingerprint density at radius 1 is 0.211 bits per heavy atom. The van der Waals surface area contributed by atoms with E-state index in [0.29, 0.717) is 0 Å². The largest absolute Gasteiger partial charge is 0.756 e. The van der Waals surface area contributed by atoms with Gasteiger partial charge in [-0.15, -0.1) is 26.9 Å². The molecular weight excluding hydrogens is 2020 g/mol. The molecule has 0 saturated carbocycles. The fourth-order valence-corrected chi connectivity index (χ4v) is 15.2. The van der Waals surface area contributed by atoms with Crippen LogP contribution in [0, 0.1) is 35.5 Å². The van der Waals surface area contributed by atoms with Gasteiger partial charge in [-0.05, 0) is 20.8 Å². The van der Waals surface area contributed by atoms with Gasteiger partial charge in [0.1, 0.15) is 0 Å². The molecule has 63 nitrogen and oxygen atoms in total. The van der Waals surface area contributed by atoms with Gasteiger partial charge in [0, 0.05) is 81.4 Å². The number of halogens is 6. The van der Waals surface area contributed by atoms with E-state index < -0.39 is 330 Å². The van der Waals surface area contributed by atoms with Crippen LogP contribution in [0.2, 0.25) is 0 Å². The highest BCUT2D eigenvalue weighted by Crippen LogP contribution is 2.48. The average molecular weight is 2110 g/mol. The molecule has 0 aliphatic rings. The molecule has 0 saturated heterocycles. The Labute approximate surface area is 693 Å². The van der Waals surface area contributed by atoms with Crippen molar-refractivity contribution < 1.29 is 293 Å². The molecule has 0 bridgehead atoms. The number of aliphatic hydroxyl groups is 1. The van der Waals surface area contributed by atoms with Crippen LogP contribution in [0.1, 0.15) is 20.8 Å². The molecule has 0 spiro atoms. The fourth-order valence-electron chi connectivity index (χ4n) is 6.18. The predicted molar refractivity (Wildman–Crippen MR) is 358 cm³/mol. The van der Waals surface area contributed by atoms with E-state index in [1.165, 1.54) is 26.3 Å². The van der Waals surface area contributed by atoms with Crippen LogP contribution < -0.4 is 102 Å². The minimum atomic E-state index is -5.50. The molecule has 0 aliphatic carbocycles. The third kappa shape index (κ3) is 86.7. The highest BCUT2D eigenvalue weighted by atomic mass is 31.2. The molecule has 0 aromatic carbocycles. The molecule has 11 N–H and O–H groups in total. The van der Waals surface area contributed by atoms with E-state index in [9.17, 15) is 159 Å². The Morgan fingerprint density at radius 3 is 0.423 bits per heavy atom. The Kier molecular flexibility index (Phi) is 71.9. The number of nitrogens with one attached hydrogen (secondary N) is 6. The maximum Gasteiger partial charge on any atom is 0.267 e. The summed E-state index contributed by atoms with van der Waals surface area (Å²) in [5, 5.41) is 9.02. The van der Waals surface area contributed by atoms with E-state index in [-0.39, 0.29) is 19.8 Å². The Morgan fingerprint density at radius 2 is 0.325 bits per heavy atom. The summed E-state index contributed by atoms with van der Waals surface area (Å²) in [7, 11) is -72.5. The van der Waals surface area contributed by atoms with E-state index in [1.807, 2.05) is 0 Å². The van der Waals surface area contributed by atoms with Crippen LogP contribution in [0.4, 0.5) is 26.9 Å². The molecule has 0 amide bonds. The lowest BCUT2D eigenvalue weighted by molar-refractivity contribution is -0.237. The molecule has 20 unspecified atom stereocenters. The molecular formula is C40H88F6N6O57P14-14. The summed E-state index contributed by atoms with van der Waals surface area (Å²) in [6.45, 7) is -23.6. The van der Waals surface area contributed by atoms with Crippen molar-refractivity contribution in [3.63, 3.8) is 0 Å². The molecule has 746 valence electrons. The molecule has 0 aromatic rings. The molecule has 123 heavy (non-hydrogen) atoms. The van der Waals surface area contributed by atoms with Crippen LogP contribution in [0.5, 0.6) is 0 Å². The number of phosphoric ester groups is 14. The average Bonchev–Trinajstić information content (AvgIpc) is 0.910. The van der Waals surface area contributed by atoms with Gasteiger partial charge in [-0.2, -0.15) is 33.2 Å². The topological polar surface area (TPSA) is 957 Å². The summed E-state index contributed by atoms with van der Waals surface area (Å²) in [4.78, 5) is 193. The lowest BCUT2D eigenvalue weighted by atomic mass is 10.2. The summed E-state index contributed by atoms with van der Waals surface area (Å²) in [6, 6.07) is 0. The summed E-state index contributed by atoms with van der Waals surface area (Å²) in [5.74, 6) is -8.38. The number of aliphatic hydroxyl groups excluding tert-OH is 1. The Bertz CT molecular complexity index is 3460. The van der Waals surface area contributed by atoms with Gasteiger partial charge in [0.25, 0.3) is 110 Å². The zero-order valence-corrected chi connectivity index (χ0v) is 75.9. The van der Waals surface area contributed by atoms with Crippen molar-refractivity contribution in [2.45, 2.75) is 20.8 Å². The van der Waals surface area contributed by atoms with Gasteiger partial charge in [0.15, 0.2) is 0 Å². The van der Waals surface area contributed by atoms with Gasteiger partial charge < -0.3 is 202 Å². The van der Waals surface area contributed by atoms with E-state index >= 15 is 0 Å². The van der Waals surface area contributed by atoms with Crippen molar-refractivity contribution >= 4 is 110 Å². The van der Waals surface area contributed by atoms with Gasteiger partial charge >= 0.3 is 0 Å². The van der Waals surface area contributed by atoms with Gasteiger partial charge in [-0.3, -0.25) is 63.9 Å². The van der Waals surface area contributed by atoms with Crippen molar-refractivity contribution in [3.05, 3.63) is 0 Å². The van der Waals surface area contributed by atoms with Crippen LogP contribution in [0.3, 0.4) is 0 Å². The number of rotatable bonds is 77. The zero-order chi connectivity index (χ0) is 95.6. The molecule has 0 rings (SSSR count). The van der Waals surface area contributed by atoms with E-state index in [0.717, 1.165) is 27.7 Å². The van der Waals surface area contributed by atoms with Crippen LogP contribution in [0.25, 0.3) is 0 Å². The minimum absolute atomic E-state index is 0.0166. The molecule has 0 radical (unpaired) electrons. The third-order valence-corrected chi connectivity index (χ3v) is 23.3. The zero-order valence-electron chi connectivity index (χ0n) is 63.4. The van der Waals surface area contributed by atoms with Crippen molar-refractivity contribution in [1.82, 2.24) is 33.2 Å². The Balaban J connectivity index is -0.00000295. The second kappa shape index (κ2) is 67.9. The Hall–Kier alpha value is 0.840. The van der Waals surface area contributed by atoms with Crippen molar-refractivity contribution in [1.29, 1.82) is 0 Å². The van der Waals surface area contributed by atoms with Crippen LogP contribution in [-0.4, -0.2) is 229 Å². The maximum absolute atomic E-state index is 13.0.